The van der Waals surface area contributed by atoms with Crippen molar-refractivity contribution in [3.63, 3.8) is 0 Å². The van der Waals surface area contributed by atoms with E-state index in [9.17, 15) is 9.59 Å². The van der Waals surface area contributed by atoms with Crippen molar-refractivity contribution in [1.29, 1.82) is 0 Å². The number of rotatable bonds is 4. The van der Waals surface area contributed by atoms with Crippen molar-refractivity contribution in [2.45, 2.75) is 20.0 Å². The number of pyridine rings is 1. The van der Waals surface area contributed by atoms with Crippen LogP contribution < -0.4 is 5.32 Å². The van der Waals surface area contributed by atoms with Crippen LogP contribution in [-0.4, -0.2) is 23.0 Å². The van der Waals surface area contributed by atoms with Crippen LogP contribution >= 0.6 is 0 Å². The number of ether oxygens (including phenoxy) is 1. The van der Waals surface area contributed by atoms with Gasteiger partial charge < -0.3 is 10.1 Å². The number of amides is 1. The molecule has 1 heterocycles. The average molecular weight is 284 g/mol. The van der Waals surface area contributed by atoms with E-state index in [0.29, 0.717) is 5.69 Å². The molecule has 5 heteroatoms. The molecule has 0 saturated carbocycles. The molecule has 108 valence electrons. The predicted molar refractivity (Wildman–Crippen MR) is 78.9 cm³/mol. The number of nitrogens with one attached hydrogen (secondary N) is 1. The van der Waals surface area contributed by atoms with Gasteiger partial charge >= 0.3 is 5.97 Å². The Bertz CT molecular complexity index is 624. The van der Waals surface area contributed by atoms with Crippen LogP contribution in [0.2, 0.25) is 0 Å². The van der Waals surface area contributed by atoms with Crippen LogP contribution in [0.15, 0.2) is 48.7 Å². The first-order valence-electron chi connectivity index (χ1n) is 6.56. The minimum atomic E-state index is -0.902. The van der Waals surface area contributed by atoms with Crippen LogP contribution in [0.4, 0.5) is 5.69 Å². The third-order valence-corrected chi connectivity index (χ3v) is 2.85. The third-order valence-electron chi connectivity index (χ3n) is 2.85. The van der Waals surface area contributed by atoms with Crippen molar-refractivity contribution < 1.29 is 14.3 Å². The van der Waals surface area contributed by atoms with E-state index in [1.54, 1.807) is 24.3 Å². The van der Waals surface area contributed by atoms with Crippen LogP contribution in [0, 0.1) is 6.92 Å². The smallest absolute Gasteiger partial charge is 0.357 e. The second-order valence-corrected chi connectivity index (χ2v) is 4.62. The average Bonchev–Trinajstić information content (AvgIpc) is 2.50. The Morgan fingerprint density at radius 1 is 1.14 bits per heavy atom. The lowest BCUT2D eigenvalue weighted by Crippen LogP contribution is -2.30. The third kappa shape index (κ3) is 4.14. The van der Waals surface area contributed by atoms with Gasteiger partial charge in [0.2, 0.25) is 0 Å². The Hall–Kier alpha value is -2.69. The molecule has 1 aromatic heterocycles. The predicted octanol–water partition coefficient (Wildman–Crippen LogP) is 2.57. The van der Waals surface area contributed by atoms with Crippen molar-refractivity contribution in [1.82, 2.24) is 4.98 Å². The molecule has 0 fully saturated rings. The fraction of sp³-hybridized carbons (Fsp3) is 0.188. The number of esters is 1. The Morgan fingerprint density at radius 2 is 1.86 bits per heavy atom. The number of anilines is 1. The molecule has 0 aliphatic rings. The highest BCUT2D eigenvalue weighted by molar-refractivity contribution is 5.96. The van der Waals surface area contributed by atoms with Gasteiger partial charge in [0.15, 0.2) is 6.10 Å². The van der Waals surface area contributed by atoms with Gasteiger partial charge in [0.25, 0.3) is 5.91 Å². The van der Waals surface area contributed by atoms with Gasteiger partial charge in [-0.3, -0.25) is 4.79 Å². The first-order chi connectivity index (χ1) is 10.1. The molecular formula is C16H16N2O3. The molecule has 0 saturated heterocycles. The van der Waals surface area contributed by atoms with E-state index in [1.807, 2.05) is 19.1 Å². The first-order valence-corrected chi connectivity index (χ1v) is 6.56. The number of aromatic nitrogens is 1. The molecule has 1 N–H and O–H groups in total. The maximum Gasteiger partial charge on any atom is 0.357 e. The summed E-state index contributed by atoms with van der Waals surface area (Å²) in [5, 5.41) is 2.69. The van der Waals surface area contributed by atoms with E-state index < -0.39 is 12.1 Å². The highest BCUT2D eigenvalue weighted by Gasteiger charge is 2.19. The maximum atomic E-state index is 12.0. The quantitative estimate of drug-likeness (QED) is 0.876. The van der Waals surface area contributed by atoms with Crippen molar-refractivity contribution in [2.75, 3.05) is 5.32 Å². The maximum absolute atomic E-state index is 12.0. The largest absolute Gasteiger partial charge is 0.448 e. The van der Waals surface area contributed by atoms with Crippen molar-refractivity contribution in [2.24, 2.45) is 0 Å². The van der Waals surface area contributed by atoms with Gasteiger partial charge in [-0.2, -0.15) is 0 Å². The van der Waals surface area contributed by atoms with Crippen LogP contribution in [0.5, 0.6) is 0 Å². The summed E-state index contributed by atoms with van der Waals surface area (Å²) in [6.45, 7) is 3.48. The lowest BCUT2D eigenvalue weighted by Gasteiger charge is -2.13. The molecule has 1 atom stereocenters. The molecule has 0 aliphatic heterocycles. The van der Waals surface area contributed by atoms with Crippen molar-refractivity contribution >= 4 is 17.6 Å². The summed E-state index contributed by atoms with van der Waals surface area (Å²) in [4.78, 5) is 27.6. The van der Waals surface area contributed by atoms with Crippen LogP contribution in [0.1, 0.15) is 23.0 Å². The molecule has 21 heavy (non-hydrogen) atoms. The van der Waals surface area contributed by atoms with Crippen LogP contribution in [-0.2, 0) is 9.53 Å². The second kappa shape index (κ2) is 6.65. The molecule has 2 aromatic rings. The summed E-state index contributed by atoms with van der Waals surface area (Å²) in [5.74, 6) is -1.01. The highest BCUT2D eigenvalue weighted by atomic mass is 16.5. The normalized spacial score (nSPS) is 11.5. The van der Waals surface area contributed by atoms with Gasteiger partial charge in [-0.1, -0.05) is 23.8 Å². The molecule has 0 spiro atoms. The van der Waals surface area contributed by atoms with E-state index in [1.165, 1.54) is 19.2 Å². The fourth-order valence-corrected chi connectivity index (χ4v) is 1.64. The molecule has 1 aromatic carbocycles. The van der Waals surface area contributed by atoms with E-state index in [2.05, 4.69) is 10.3 Å². The lowest BCUT2D eigenvalue weighted by molar-refractivity contribution is -0.123. The number of nitrogens with zero attached hydrogens (tertiary/aromatic N) is 1. The van der Waals surface area contributed by atoms with Gasteiger partial charge in [-0.25, -0.2) is 9.78 Å². The van der Waals surface area contributed by atoms with E-state index in [0.717, 1.165) is 5.56 Å². The monoisotopic (exact) mass is 284 g/mol. The number of hydrogen-bond acceptors (Lipinski definition) is 4. The van der Waals surface area contributed by atoms with Crippen molar-refractivity contribution in [3.05, 3.63) is 59.9 Å². The summed E-state index contributed by atoms with van der Waals surface area (Å²) in [7, 11) is 0. The molecule has 1 amide bonds. The van der Waals surface area contributed by atoms with Crippen LogP contribution in [0.3, 0.4) is 0 Å². The zero-order chi connectivity index (χ0) is 15.2. The molecular weight excluding hydrogens is 268 g/mol. The second-order valence-electron chi connectivity index (χ2n) is 4.62. The minimum absolute atomic E-state index is 0.174. The van der Waals surface area contributed by atoms with Crippen molar-refractivity contribution in [3.8, 4) is 0 Å². The molecule has 0 aliphatic carbocycles. The van der Waals surface area contributed by atoms with Gasteiger partial charge in [-0.15, -0.1) is 0 Å². The Labute approximate surface area is 123 Å². The fourth-order valence-electron chi connectivity index (χ4n) is 1.64. The lowest BCUT2D eigenvalue weighted by atomic mass is 10.2. The first kappa shape index (κ1) is 14.7. The number of hydrogen-bond donors (Lipinski definition) is 1. The molecule has 5 nitrogen and oxygen atoms in total. The highest BCUT2D eigenvalue weighted by Crippen LogP contribution is 2.10. The van der Waals surface area contributed by atoms with Gasteiger partial charge in [0, 0.05) is 11.9 Å². The number of carbonyl (C=O) groups excluding carboxylic acids is 2. The van der Waals surface area contributed by atoms with E-state index >= 15 is 0 Å². The zero-order valence-electron chi connectivity index (χ0n) is 11.9. The summed E-state index contributed by atoms with van der Waals surface area (Å²) < 4.78 is 5.08. The molecule has 2 rings (SSSR count). The summed E-state index contributed by atoms with van der Waals surface area (Å²) in [6, 6.07) is 12.3. The number of aryl methyl sites for hydroxylation is 1. The van der Waals surface area contributed by atoms with Gasteiger partial charge in [0.05, 0.1) is 0 Å². The van der Waals surface area contributed by atoms with E-state index in [4.69, 9.17) is 4.74 Å². The molecule has 0 bridgehead atoms. The van der Waals surface area contributed by atoms with Crippen LogP contribution in [0.25, 0.3) is 0 Å². The molecule has 0 radical (unpaired) electrons. The summed E-state index contributed by atoms with van der Waals surface area (Å²) in [6.07, 6.45) is 0.592. The molecule has 0 unspecified atom stereocenters. The Balaban J connectivity index is 1.93. The number of benzene rings is 1. The zero-order valence-corrected chi connectivity index (χ0v) is 11.9. The summed E-state index contributed by atoms with van der Waals surface area (Å²) in [5.41, 5.74) is 1.93. The standard InChI is InChI=1S/C16H16N2O3/c1-11-6-8-13(9-7-11)18-15(19)12(2)21-16(20)14-5-3-4-10-17-14/h3-10,12H,1-2H3,(H,18,19)/t12-/m0/s1. The van der Waals surface area contributed by atoms with Gasteiger partial charge in [-0.05, 0) is 38.1 Å². The van der Waals surface area contributed by atoms with Gasteiger partial charge in [0.1, 0.15) is 5.69 Å². The van der Waals surface area contributed by atoms with E-state index in [-0.39, 0.29) is 11.6 Å². The topological polar surface area (TPSA) is 68.3 Å². The SMILES string of the molecule is Cc1ccc(NC(=O)[C@H](C)OC(=O)c2ccccn2)cc1. The summed E-state index contributed by atoms with van der Waals surface area (Å²) >= 11 is 0. The minimum Gasteiger partial charge on any atom is -0.448 e. The number of carbonyl (C=O) groups is 2. The Kier molecular flexibility index (Phi) is 4.66. The Morgan fingerprint density at radius 3 is 2.48 bits per heavy atom.